The number of hydrogen-bond donors (Lipinski definition) is 1. The molecule has 0 bridgehead atoms. The average Bonchev–Trinajstić information content (AvgIpc) is 3.06. The molecule has 1 aliphatic heterocycles. The lowest BCUT2D eigenvalue weighted by molar-refractivity contribution is -0.117. The van der Waals surface area contributed by atoms with Gasteiger partial charge in [0.05, 0.1) is 0 Å². The molecule has 0 saturated carbocycles. The van der Waals surface area contributed by atoms with E-state index in [1.807, 2.05) is 24.3 Å². The first-order valence-electron chi connectivity index (χ1n) is 8.25. The third kappa shape index (κ3) is 4.60. The molecule has 7 heteroatoms. The number of halogens is 2. The van der Waals surface area contributed by atoms with E-state index in [1.165, 1.54) is 24.3 Å². The van der Waals surface area contributed by atoms with E-state index in [-0.39, 0.29) is 11.8 Å². The lowest BCUT2D eigenvalue weighted by Crippen LogP contribution is -2.24. The molecule has 1 fully saturated rings. The number of carbonyl (C=O) groups is 2. The first-order valence-corrected chi connectivity index (χ1v) is 9.13. The van der Waals surface area contributed by atoms with Crippen LogP contribution in [0.5, 0.6) is 0 Å². The van der Waals surface area contributed by atoms with Gasteiger partial charge < -0.3 is 10.2 Å². The van der Waals surface area contributed by atoms with Crippen LogP contribution in [0.2, 0.25) is 0 Å². The van der Waals surface area contributed by atoms with E-state index in [2.05, 4.69) is 5.32 Å². The summed E-state index contributed by atoms with van der Waals surface area (Å²) >= 11 is 0.448. The van der Waals surface area contributed by atoms with E-state index in [4.69, 9.17) is 0 Å². The predicted octanol–water partition coefficient (Wildman–Crippen LogP) is 4.06. The fourth-order valence-electron chi connectivity index (χ4n) is 2.79. The number of carbonyl (C=O) groups excluding carboxylic acids is 2. The lowest BCUT2D eigenvalue weighted by atomic mass is 10.1. The zero-order valence-corrected chi connectivity index (χ0v) is 14.8. The third-order valence-electron chi connectivity index (χ3n) is 4.12. The summed E-state index contributed by atoms with van der Waals surface area (Å²) in [6, 6.07) is 13.6. The Morgan fingerprint density at radius 1 is 1.12 bits per heavy atom. The van der Waals surface area contributed by atoms with Gasteiger partial charge in [0.1, 0.15) is 0 Å². The van der Waals surface area contributed by atoms with Crippen molar-refractivity contribution in [3.63, 3.8) is 0 Å². The Kier molecular flexibility index (Phi) is 5.88. The molecule has 2 aromatic carbocycles. The van der Waals surface area contributed by atoms with Gasteiger partial charge in [0.25, 0.3) is 11.7 Å². The van der Waals surface area contributed by atoms with Crippen molar-refractivity contribution in [1.29, 1.82) is 0 Å². The minimum Gasteiger partial charge on any atom is -0.348 e. The first kappa shape index (κ1) is 18.4. The molecule has 2 aromatic rings. The second kappa shape index (κ2) is 8.31. The number of amides is 2. The first-order chi connectivity index (χ1) is 12.5. The molecule has 2 amide bonds. The molecule has 0 atom stereocenters. The van der Waals surface area contributed by atoms with E-state index in [0.717, 1.165) is 24.2 Å². The number of nitrogens with one attached hydrogen (secondary N) is 1. The zero-order chi connectivity index (χ0) is 18.5. The van der Waals surface area contributed by atoms with Crippen molar-refractivity contribution in [2.24, 2.45) is 0 Å². The zero-order valence-electron chi connectivity index (χ0n) is 14.0. The Labute approximate surface area is 154 Å². The molecule has 136 valence electrons. The maximum atomic E-state index is 12.3. The molecule has 1 N–H and O–H groups in total. The van der Waals surface area contributed by atoms with Crippen LogP contribution < -0.4 is 10.2 Å². The molecular formula is C19H18F2N2O2S. The summed E-state index contributed by atoms with van der Waals surface area (Å²) < 4.78 is 24.6. The summed E-state index contributed by atoms with van der Waals surface area (Å²) in [5.41, 5.74) is 2.20. The molecule has 0 radical (unpaired) electrons. The third-order valence-corrected chi connectivity index (χ3v) is 4.84. The van der Waals surface area contributed by atoms with Gasteiger partial charge in [-0.1, -0.05) is 23.9 Å². The van der Waals surface area contributed by atoms with E-state index >= 15 is 0 Å². The van der Waals surface area contributed by atoms with E-state index in [0.29, 0.717) is 35.2 Å². The highest BCUT2D eigenvalue weighted by Gasteiger charge is 2.21. The maximum Gasteiger partial charge on any atom is 0.288 e. The number of nitrogens with zero attached hydrogens (tertiary/aromatic N) is 1. The summed E-state index contributed by atoms with van der Waals surface area (Å²) in [4.78, 5) is 26.1. The van der Waals surface area contributed by atoms with Gasteiger partial charge in [0.2, 0.25) is 5.91 Å². The summed E-state index contributed by atoms with van der Waals surface area (Å²) in [5.74, 6) is -2.61. The van der Waals surface area contributed by atoms with Gasteiger partial charge in [-0.05, 0) is 48.4 Å². The van der Waals surface area contributed by atoms with Crippen LogP contribution in [0, 0.1) is 0 Å². The number of benzene rings is 2. The Morgan fingerprint density at radius 2 is 1.81 bits per heavy atom. The van der Waals surface area contributed by atoms with Gasteiger partial charge in [-0.3, -0.25) is 9.59 Å². The van der Waals surface area contributed by atoms with Gasteiger partial charge in [-0.15, -0.1) is 0 Å². The van der Waals surface area contributed by atoms with E-state index < -0.39 is 5.76 Å². The second-order valence-corrected chi connectivity index (χ2v) is 6.96. The molecule has 0 aromatic heterocycles. The Morgan fingerprint density at radius 3 is 2.38 bits per heavy atom. The van der Waals surface area contributed by atoms with Crippen LogP contribution >= 0.6 is 11.8 Å². The second-order valence-electron chi connectivity index (χ2n) is 5.90. The summed E-state index contributed by atoms with van der Waals surface area (Å²) in [7, 11) is 0. The van der Waals surface area contributed by atoms with Crippen LogP contribution in [0.1, 0.15) is 28.8 Å². The highest BCUT2D eigenvalue weighted by atomic mass is 32.2. The Balaban J connectivity index is 1.55. The van der Waals surface area contributed by atoms with Crippen LogP contribution in [-0.4, -0.2) is 24.1 Å². The molecule has 26 heavy (non-hydrogen) atoms. The van der Waals surface area contributed by atoms with E-state index in [9.17, 15) is 18.4 Å². The molecule has 4 nitrogen and oxygen atoms in total. The summed E-state index contributed by atoms with van der Waals surface area (Å²) in [6.07, 6.45) is 1.47. The molecule has 0 spiro atoms. The van der Waals surface area contributed by atoms with Gasteiger partial charge in [-0.2, -0.15) is 8.78 Å². The molecule has 1 aliphatic rings. The topological polar surface area (TPSA) is 49.4 Å². The standard InChI is InChI=1S/C19H18F2N2O2S/c20-19(21)26-16-9-5-14(6-10-16)18(25)22-12-13-3-7-15(8-4-13)23-11-1-2-17(23)24/h3-10,19H,1-2,11-12H2,(H,22,25). The van der Waals surface area contributed by atoms with E-state index in [1.54, 1.807) is 4.90 Å². The van der Waals surface area contributed by atoms with Gasteiger partial charge in [0, 0.05) is 35.7 Å². The van der Waals surface area contributed by atoms with Crippen molar-refractivity contribution < 1.29 is 18.4 Å². The highest BCUT2D eigenvalue weighted by molar-refractivity contribution is 7.99. The molecule has 1 saturated heterocycles. The van der Waals surface area contributed by atoms with Crippen molar-refractivity contribution >= 4 is 29.3 Å². The normalized spacial score (nSPS) is 14.1. The van der Waals surface area contributed by atoms with Crippen LogP contribution in [0.4, 0.5) is 14.5 Å². The van der Waals surface area contributed by atoms with Gasteiger partial charge in [0.15, 0.2) is 0 Å². The van der Waals surface area contributed by atoms with Crippen molar-refractivity contribution in [3.8, 4) is 0 Å². The minimum atomic E-state index is -2.48. The monoisotopic (exact) mass is 376 g/mol. The summed E-state index contributed by atoms with van der Waals surface area (Å²) in [5, 5.41) is 2.80. The number of anilines is 1. The van der Waals surface area contributed by atoms with Crippen molar-refractivity contribution in [2.45, 2.75) is 30.0 Å². The molecule has 0 aliphatic carbocycles. The molecule has 0 unspecified atom stereocenters. The Hall–Kier alpha value is -2.41. The molecule has 3 rings (SSSR count). The quantitative estimate of drug-likeness (QED) is 0.774. The van der Waals surface area contributed by atoms with Crippen molar-refractivity contribution in [1.82, 2.24) is 5.32 Å². The Bertz CT molecular complexity index is 779. The van der Waals surface area contributed by atoms with Crippen LogP contribution in [0.15, 0.2) is 53.4 Å². The van der Waals surface area contributed by atoms with Crippen molar-refractivity contribution in [3.05, 3.63) is 59.7 Å². The van der Waals surface area contributed by atoms with Gasteiger partial charge in [-0.25, -0.2) is 0 Å². The number of hydrogen-bond acceptors (Lipinski definition) is 3. The maximum absolute atomic E-state index is 12.3. The van der Waals surface area contributed by atoms with Gasteiger partial charge >= 0.3 is 0 Å². The fourth-order valence-corrected chi connectivity index (χ4v) is 3.29. The average molecular weight is 376 g/mol. The van der Waals surface area contributed by atoms with Crippen LogP contribution in [0.3, 0.4) is 0 Å². The molecule has 1 heterocycles. The smallest absolute Gasteiger partial charge is 0.288 e. The number of thioether (sulfide) groups is 1. The number of alkyl halides is 2. The van der Waals surface area contributed by atoms with Crippen LogP contribution in [-0.2, 0) is 11.3 Å². The highest BCUT2D eigenvalue weighted by Crippen LogP contribution is 2.25. The minimum absolute atomic E-state index is 0.138. The fraction of sp³-hybridized carbons (Fsp3) is 0.263. The van der Waals surface area contributed by atoms with Crippen molar-refractivity contribution in [2.75, 3.05) is 11.4 Å². The van der Waals surface area contributed by atoms with Crippen LogP contribution in [0.25, 0.3) is 0 Å². The molecular weight excluding hydrogens is 358 g/mol. The largest absolute Gasteiger partial charge is 0.348 e. The predicted molar refractivity (Wildman–Crippen MR) is 97.5 cm³/mol. The number of rotatable bonds is 6. The lowest BCUT2D eigenvalue weighted by Gasteiger charge is -2.16. The summed E-state index contributed by atoms with van der Waals surface area (Å²) in [6.45, 7) is 1.09. The SMILES string of the molecule is O=C(NCc1ccc(N2CCCC2=O)cc1)c1ccc(SC(F)F)cc1.